The summed E-state index contributed by atoms with van der Waals surface area (Å²) in [5, 5.41) is 25.9. The van der Waals surface area contributed by atoms with Crippen molar-refractivity contribution < 1.29 is 31.0 Å². The fraction of sp³-hybridized carbons (Fsp3) is 0. The summed E-state index contributed by atoms with van der Waals surface area (Å²) in [4.78, 5) is -1.67. The van der Waals surface area contributed by atoms with Crippen molar-refractivity contribution in [3.05, 3.63) is 72.8 Å². The van der Waals surface area contributed by atoms with Gasteiger partial charge in [-0.15, -0.1) is 10.2 Å². The zero-order valence-electron chi connectivity index (χ0n) is 18.1. The fourth-order valence-electron chi connectivity index (χ4n) is 3.31. The molecule has 5 N–H and O–H groups in total. The van der Waals surface area contributed by atoms with Gasteiger partial charge >= 0.3 is 0 Å². The Morgan fingerprint density at radius 2 is 1.06 bits per heavy atom. The van der Waals surface area contributed by atoms with Gasteiger partial charge in [0.25, 0.3) is 20.2 Å². The van der Waals surface area contributed by atoms with Crippen LogP contribution < -0.4 is 5.73 Å². The van der Waals surface area contributed by atoms with Gasteiger partial charge in [-0.2, -0.15) is 27.1 Å². The van der Waals surface area contributed by atoms with Crippen LogP contribution in [0.2, 0.25) is 0 Å². The Labute approximate surface area is 205 Å². The zero-order chi connectivity index (χ0) is 26.1. The van der Waals surface area contributed by atoms with Crippen molar-refractivity contribution in [3.63, 3.8) is 0 Å². The third-order valence-electron chi connectivity index (χ3n) is 4.91. The Morgan fingerprint density at radius 3 is 1.50 bits per heavy atom. The van der Waals surface area contributed by atoms with E-state index >= 15 is 0 Å². The molecule has 0 saturated carbocycles. The van der Waals surface area contributed by atoms with Crippen molar-refractivity contribution in [1.82, 2.24) is 0 Å². The Kier molecular flexibility index (Phi) is 6.51. The van der Waals surface area contributed by atoms with Crippen LogP contribution in [0.25, 0.3) is 10.8 Å². The maximum atomic E-state index is 12.1. The van der Waals surface area contributed by atoms with E-state index in [0.717, 1.165) is 12.1 Å². The Hall–Kier alpha value is -4.24. The molecule has 0 amide bonds. The summed E-state index contributed by atoms with van der Waals surface area (Å²) in [6.45, 7) is 0. The normalized spacial score (nSPS) is 12.6. The summed E-state index contributed by atoms with van der Waals surface area (Å²) in [6, 6.07) is 18.0. The minimum Gasteiger partial charge on any atom is -0.505 e. The lowest BCUT2D eigenvalue weighted by Crippen LogP contribution is -2.03. The third kappa shape index (κ3) is 5.06. The van der Waals surface area contributed by atoms with Gasteiger partial charge in [-0.1, -0.05) is 36.4 Å². The van der Waals surface area contributed by atoms with E-state index < -0.39 is 52.8 Å². The quantitative estimate of drug-likeness (QED) is 0.144. The number of phenolic OH excluding ortho intramolecular Hbond substituents is 1. The smallest absolute Gasteiger partial charge is 0.296 e. The predicted octanol–water partition coefficient (Wildman–Crippen LogP) is 5.45. The first-order chi connectivity index (χ1) is 17.0. The maximum Gasteiger partial charge on any atom is 0.296 e. The van der Waals surface area contributed by atoms with Crippen molar-refractivity contribution in [2.75, 3.05) is 5.73 Å². The van der Waals surface area contributed by atoms with Gasteiger partial charge < -0.3 is 10.8 Å². The molecule has 0 aliphatic rings. The first-order valence-electron chi connectivity index (χ1n) is 9.97. The average molecular weight is 528 g/mol. The summed E-state index contributed by atoms with van der Waals surface area (Å²) in [5.74, 6) is -0.824. The van der Waals surface area contributed by atoms with Crippen LogP contribution in [0.3, 0.4) is 0 Å². The standard InChI is InChI=1S/C22H17N5O7S2/c23-19-18-13(11-16(35(29,30)31)20(19)26-24-14-7-3-1-4-8-14)12-17(36(32,33)34)21(22(18)28)27-25-15-9-5-2-6-10-15/h1-12,28H,23H2,(H,29,30,31)(H,32,33,34). The second-order valence-electron chi connectivity index (χ2n) is 7.33. The molecule has 12 nitrogen and oxygen atoms in total. The highest BCUT2D eigenvalue weighted by Gasteiger charge is 2.27. The van der Waals surface area contributed by atoms with Crippen LogP contribution >= 0.6 is 0 Å². The molecular weight excluding hydrogens is 510 g/mol. The molecular formula is C22H17N5O7S2. The highest BCUT2D eigenvalue weighted by Crippen LogP contribution is 2.48. The number of rotatable bonds is 6. The molecule has 0 saturated heterocycles. The van der Waals surface area contributed by atoms with E-state index in [1.54, 1.807) is 60.7 Å². The van der Waals surface area contributed by atoms with E-state index in [9.17, 15) is 31.0 Å². The summed E-state index contributed by atoms with van der Waals surface area (Å²) in [5.41, 5.74) is 5.19. The van der Waals surface area contributed by atoms with Crippen LogP contribution in [0, 0.1) is 0 Å². The number of hydrogen-bond donors (Lipinski definition) is 4. The van der Waals surface area contributed by atoms with Gasteiger partial charge in [0.15, 0.2) is 5.75 Å². The predicted molar refractivity (Wildman–Crippen MR) is 131 cm³/mol. The number of benzene rings is 4. The molecule has 0 atom stereocenters. The highest BCUT2D eigenvalue weighted by molar-refractivity contribution is 7.86. The van der Waals surface area contributed by atoms with Crippen LogP contribution in [-0.4, -0.2) is 31.0 Å². The topological polar surface area (TPSA) is 204 Å². The van der Waals surface area contributed by atoms with E-state index in [0.29, 0.717) is 11.4 Å². The zero-order valence-corrected chi connectivity index (χ0v) is 19.7. The van der Waals surface area contributed by atoms with Crippen molar-refractivity contribution in [2.24, 2.45) is 20.5 Å². The van der Waals surface area contributed by atoms with E-state index in [-0.39, 0.29) is 10.8 Å². The number of aromatic hydroxyl groups is 1. The van der Waals surface area contributed by atoms with Gasteiger partial charge in [-0.05, 0) is 41.8 Å². The first kappa shape index (κ1) is 24.9. The maximum absolute atomic E-state index is 12.1. The molecule has 0 heterocycles. The van der Waals surface area contributed by atoms with Crippen LogP contribution in [0.15, 0.2) is 103 Å². The van der Waals surface area contributed by atoms with Gasteiger partial charge in [-0.3, -0.25) is 9.11 Å². The highest BCUT2D eigenvalue weighted by atomic mass is 32.2. The average Bonchev–Trinajstić information content (AvgIpc) is 2.82. The SMILES string of the molecule is Nc1c(N=Nc2ccccc2)c(S(=O)(=O)O)cc2cc(S(=O)(=O)O)c(N=Nc3ccccc3)c(O)c12. The molecule has 4 aromatic rings. The summed E-state index contributed by atoms with van der Waals surface area (Å²) >= 11 is 0. The number of phenols is 1. The Morgan fingerprint density at radius 1 is 0.639 bits per heavy atom. The number of nitrogens with zero attached hydrogens (tertiary/aromatic N) is 4. The van der Waals surface area contributed by atoms with Crippen molar-refractivity contribution in [2.45, 2.75) is 9.79 Å². The molecule has 0 fully saturated rings. The fourth-order valence-corrected chi connectivity index (χ4v) is 4.64. The van der Waals surface area contributed by atoms with E-state index in [4.69, 9.17) is 5.73 Å². The van der Waals surface area contributed by atoms with Crippen LogP contribution in [0.5, 0.6) is 5.75 Å². The molecule has 0 aliphatic heterocycles. The number of fused-ring (bicyclic) bond motifs is 1. The lowest BCUT2D eigenvalue weighted by Gasteiger charge is -2.14. The number of azo groups is 2. The summed E-state index contributed by atoms with van der Waals surface area (Å²) in [6.07, 6.45) is 0. The third-order valence-corrected chi connectivity index (χ3v) is 6.65. The lowest BCUT2D eigenvalue weighted by atomic mass is 10.1. The second kappa shape index (κ2) is 9.43. The number of anilines is 1. The largest absolute Gasteiger partial charge is 0.505 e. The van der Waals surface area contributed by atoms with E-state index in [2.05, 4.69) is 20.5 Å². The lowest BCUT2D eigenvalue weighted by molar-refractivity contribution is 0.472. The molecule has 0 radical (unpaired) electrons. The van der Waals surface area contributed by atoms with Crippen molar-refractivity contribution >= 4 is 59.4 Å². The molecule has 14 heteroatoms. The summed E-state index contributed by atoms with van der Waals surface area (Å²) < 4.78 is 67.8. The van der Waals surface area contributed by atoms with Crippen molar-refractivity contribution in [3.8, 4) is 5.75 Å². The first-order valence-corrected chi connectivity index (χ1v) is 12.9. The molecule has 0 aliphatic carbocycles. The second-order valence-corrected chi connectivity index (χ2v) is 10.1. The Balaban J connectivity index is 2.04. The minimum absolute atomic E-state index is 0.248. The van der Waals surface area contributed by atoms with Crippen LogP contribution in [0.1, 0.15) is 0 Å². The minimum atomic E-state index is -4.98. The molecule has 0 spiro atoms. The van der Waals surface area contributed by atoms with Crippen LogP contribution in [-0.2, 0) is 20.2 Å². The van der Waals surface area contributed by atoms with Gasteiger partial charge in [0, 0.05) is 0 Å². The van der Waals surface area contributed by atoms with Gasteiger partial charge in [-0.25, -0.2) is 0 Å². The molecule has 4 aromatic carbocycles. The van der Waals surface area contributed by atoms with Gasteiger partial charge in [0.1, 0.15) is 21.2 Å². The molecule has 0 unspecified atom stereocenters. The number of hydrogen-bond acceptors (Lipinski definition) is 10. The molecule has 184 valence electrons. The van der Waals surface area contributed by atoms with Crippen LogP contribution in [0.4, 0.5) is 28.4 Å². The number of nitrogen functional groups attached to an aromatic ring is 1. The number of nitrogens with two attached hydrogens (primary N) is 1. The molecule has 4 rings (SSSR count). The van der Waals surface area contributed by atoms with E-state index in [1.807, 2.05) is 0 Å². The van der Waals surface area contributed by atoms with Crippen molar-refractivity contribution in [1.29, 1.82) is 0 Å². The molecule has 0 aromatic heterocycles. The monoisotopic (exact) mass is 527 g/mol. The van der Waals surface area contributed by atoms with E-state index in [1.165, 1.54) is 0 Å². The molecule has 36 heavy (non-hydrogen) atoms. The summed E-state index contributed by atoms with van der Waals surface area (Å²) in [7, 11) is -9.92. The van der Waals surface area contributed by atoms with Gasteiger partial charge in [0.2, 0.25) is 0 Å². The molecule has 0 bridgehead atoms. The Bertz CT molecular complexity index is 1610. The van der Waals surface area contributed by atoms with Gasteiger partial charge in [0.05, 0.1) is 22.4 Å².